The number of fused-ring (bicyclic) bond motifs is 24. The van der Waals surface area contributed by atoms with Gasteiger partial charge in [0.25, 0.3) is 0 Å². The zero-order chi connectivity index (χ0) is 73.5. The first-order valence-corrected chi connectivity index (χ1v) is 38.5. The van der Waals surface area contributed by atoms with E-state index in [1.807, 2.05) is 0 Å². The summed E-state index contributed by atoms with van der Waals surface area (Å²) in [6, 6.07) is 126. The number of rotatable bonds is 6. The van der Waals surface area contributed by atoms with Gasteiger partial charge in [0.1, 0.15) is 22.3 Å². The number of furan rings is 2. The molecule has 0 radical (unpaired) electrons. The van der Waals surface area contributed by atoms with Gasteiger partial charge >= 0.3 is 7.12 Å². The Kier molecular flexibility index (Phi) is 15.3. The molecule has 0 saturated carbocycles. The molecule has 1 saturated heterocycles. The van der Waals surface area contributed by atoms with Crippen LogP contribution in [-0.2, 0) is 9.31 Å². The van der Waals surface area contributed by atoms with Crippen LogP contribution in [0.15, 0.2) is 365 Å². The maximum Gasteiger partial charge on any atom is 0.498 e. The fraction of sp³-hybridized carbons (Fsp3) is 0.0588. The molecular weight excluding hydrogens is 1410 g/mol. The number of hydrogen-bond acceptors (Lipinski definition) is 4. The highest BCUT2D eigenvalue weighted by Crippen LogP contribution is 2.46. The van der Waals surface area contributed by atoms with Gasteiger partial charge in [-0.1, -0.05) is 301 Å². The van der Waals surface area contributed by atoms with Gasteiger partial charge in [0.2, 0.25) is 0 Å². The second kappa shape index (κ2) is 25.7. The van der Waals surface area contributed by atoms with E-state index in [2.05, 4.69) is 405 Å². The van der Waals surface area contributed by atoms with Gasteiger partial charge < -0.3 is 27.3 Å². The molecule has 0 amide bonds. The van der Waals surface area contributed by atoms with Gasteiger partial charge in [0.15, 0.2) is 0 Å². The lowest BCUT2D eigenvalue weighted by Gasteiger charge is -2.32. The van der Waals surface area contributed by atoms with Crippen LogP contribution in [-0.4, -0.2) is 27.5 Å². The van der Waals surface area contributed by atoms with Crippen LogP contribution in [0.1, 0.15) is 27.7 Å². The van der Waals surface area contributed by atoms with Crippen molar-refractivity contribution in [3.8, 4) is 44.8 Å². The molecule has 6 nitrogen and oxygen atoms in total. The number of aromatic nitrogens is 2. The molecular formula is C102H70BBrN2O4. The quantitative estimate of drug-likeness (QED) is 0.123. The average molecular weight is 1480 g/mol. The fourth-order valence-electron chi connectivity index (χ4n) is 17.5. The molecule has 1 aliphatic heterocycles. The number of halogens is 1. The smallest absolute Gasteiger partial charge is 0.456 e. The van der Waals surface area contributed by atoms with Crippen molar-refractivity contribution < 1.29 is 18.1 Å². The van der Waals surface area contributed by atoms with Crippen molar-refractivity contribution >= 4 is 181 Å². The van der Waals surface area contributed by atoms with E-state index >= 15 is 0 Å². The highest BCUT2D eigenvalue weighted by Gasteiger charge is 2.52. The fourth-order valence-corrected chi connectivity index (χ4v) is 17.9. The van der Waals surface area contributed by atoms with Crippen molar-refractivity contribution in [3.63, 3.8) is 0 Å². The third-order valence-electron chi connectivity index (χ3n) is 23.3. The first-order chi connectivity index (χ1) is 54.0. The molecule has 0 unspecified atom stereocenters. The van der Waals surface area contributed by atoms with E-state index in [0.29, 0.717) is 0 Å². The van der Waals surface area contributed by atoms with E-state index in [9.17, 15) is 0 Å². The standard InChI is InChI=1S/C48H29NO.C36H29BO3.C18H12BrN/c1-2-16-37-35(14-1)36-15-3-4-17-38(36)44-29-31(26-27-39(37)44)34-21-11-23-43-42-22-10-20-33(47(42)50-48(34)43)30-12-9-13-32(28-30)49-45-24-7-5-18-40(45)41-19-6-8-25-46(41)49;1-35(2)36(3,4)40-37(39-35)32-18-10-17-30-29-16-9-15-23(33(29)38-34(30)32)22-19-20-28-26-13-6-5-11-24(26)25-12-7-8-14-27(25)31(28)21-22;19-13-6-5-7-14(12-13)20-17-10-3-1-8-15(17)16-9-2-4-11-18(16)20/h1-29H;5-21H,1-4H3;1-12H. The summed E-state index contributed by atoms with van der Waals surface area (Å²) < 4.78 is 32.3. The third-order valence-corrected chi connectivity index (χ3v) is 23.8. The monoisotopic (exact) mass is 1480 g/mol. The lowest BCUT2D eigenvalue weighted by Crippen LogP contribution is -2.41. The average Bonchev–Trinajstić information content (AvgIpc) is 1.09. The van der Waals surface area contributed by atoms with Crippen molar-refractivity contribution in [1.82, 2.24) is 9.13 Å². The largest absolute Gasteiger partial charge is 0.498 e. The molecule has 1 aliphatic rings. The van der Waals surface area contributed by atoms with Crippen molar-refractivity contribution in [2.24, 2.45) is 0 Å². The van der Waals surface area contributed by atoms with Crippen LogP contribution < -0.4 is 5.46 Å². The minimum absolute atomic E-state index is 0.422. The second-order valence-corrected chi connectivity index (χ2v) is 31.0. The molecule has 110 heavy (non-hydrogen) atoms. The molecule has 0 bridgehead atoms. The van der Waals surface area contributed by atoms with E-state index in [4.69, 9.17) is 18.1 Å². The predicted octanol–water partition coefficient (Wildman–Crippen LogP) is 28.0. The number of para-hydroxylation sites is 8. The topological polar surface area (TPSA) is 54.6 Å². The molecule has 23 rings (SSSR count). The number of hydrogen-bond donors (Lipinski definition) is 0. The Morgan fingerprint density at radius 1 is 0.236 bits per heavy atom. The predicted molar refractivity (Wildman–Crippen MR) is 467 cm³/mol. The van der Waals surface area contributed by atoms with E-state index in [1.165, 1.54) is 114 Å². The van der Waals surface area contributed by atoms with Crippen LogP contribution in [0.3, 0.4) is 0 Å². The van der Waals surface area contributed by atoms with Crippen LogP contribution >= 0.6 is 15.9 Å². The van der Waals surface area contributed by atoms with E-state index in [1.54, 1.807) is 0 Å². The molecule has 4 aromatic heterocycles. The Morgan fingerprint density at radius 2 is 0.518 bits per heavy atom. The molecule has 1 fully saturated rings. The first kappa shape index (κ1) is 65.5. The van der Waals surface area contributed by atoms with Gasteiger partial charge in [-0.15, -0.1) is 0 Å². The lowest BCUT2D eigenvalue weighted by atomic mass is 9.78. The Balaban J connectivity index is 0.000000114. The van der Waals surface area contributed by atoms with Crippen molar-refractivity contribution in [1.29, 1.82) is 0 Å². The van der Waals surface area contributed by atoms with Crippen LogP contribution in [0.2, 0.25) is 0 Å². The Bertz CT molecular complexity index is 7350. The highest BCUT2D eigenvalue weighted by atomic mass is 79.9. The maximum atomic E-state index is 6.96. The molecule has 522 valence electrons. The molecule has 0 spiro atoms. The third kappa shape index (κ3) is 10.5. The zero-order valence-corrected chi connectivity index (χ0v) is 62.6. The summed E-state index contributed by atoms with van der Waals surface area (Å²) in [5.41, 5.74) is 17.5. The summed E-state index contributed by atoms with van der Waals surface area (Å²) in [5, 5.41) is 24.8. The summed E-state index contributed by atoms with van der Waals surface area (Å²) in [6.07, 6.45) is 0. The van der Waals surface area contributed by atoms with E-state index in [-0.39, 0.29) is 0 Å². The summed E-state index contributed by atoms with van der Waals surface area (Å²) in [5.74, 6) is 0. The Hall–Kier alpha value is -12.8. The van der Waals surface area contributed by atoms with Gasteiger partial charge in [-0.25, -0.2) is 0 Å². The number of nitrogens with zero attached hydrogens (tertiary/aromatic N) is 2. The van der Waals surface area contributed by atoms with Crippen LogP contribution in [0.5, 0.6) is 0 Å². The maximum absolute atomic E-state index is 6.96. The second-order valence-electron chi connectivity index (χ2n) is 30.0. The molecule has 0 atom stereocenters. The van der Waals surface area contributed by atoms with Crippen molar-refractivity contribution in [3.05, 3.63) is 356 Å². The normalized spacial score (nSPS) is 13.6. The van der Waals surface area contributed by atoms with Crippen molar-refractivity contribution in [2.45, 2.75) is 38.9 Å². The van der Waals surface area contributed by atoms with Crippen LogP contribution in [0.25, 0.3) is 197 Å². The SMILES string of the molecule is Brc1cccc(-n2c3ccccc3c3ccccc32)c1.CC1(C)OB(c2cccc3c2oc2c(-c4ccc5c6ccccc6c6ccccc6c5c4)cccc23)OC1(C)C.c1cc(-c2cccc3c2oc2c(-c4ccc5c6ccccc6c6ccccc6c5c4)cccc23)cc(-n2c3ccccc3c3ccccc32)c1. The van der Waals surface area contributed by atoms with Gasteiger partial charge in [-0.3, -0.25) is 0 Å². The molecule has 22 aromatic rings. The summed E-state index contributed by atoms with van der Waals surface area (Å²) in [4.78, 5) is 0. The molecule has 0 N–H and O–H groups in total. The first-order valence-electron chi connectivity index (χ1n) is 37.7. The highest BCUT2D eigenvalue weighted by molar-refractivity contribution is 9.10. The molecule has 0 aliphatic carbocycles. The molecule has 8 heteroatoms. The van der Waals surface area contributed by atoms with Crippen LogP contribution in [0, 0.1) is 0 Å². The van der Waals surface area contributed by atoms with E-state index < -0.39 is 18.3 Å². The van der Waals surface area contributed by atoms with Crippen molar-refractivity contribution in [2.75, 3.05) is 0 Å². The zero-order valence-electron chi connectivity index (χ0n) is 61.0. The van der Waals surface area contributed by atoms with Gasteiger partial charge in [0.05, 0.1) is 33.3 Å². The number of benzene rings is 18. The summed E-state index contributed by atoms with van der Waals surface area (Å²) in [6.45, 7) is 8.32. The minimum atomic E-state index is -0.488. The minimum Gasteiger partial charge on any atom is -0.456 e. The molecule has 5 heterocycles. The van der Waals surface area contributed by atoms with Crippen LogP contribution in [0.4, 0.5) is 0 Å². The Morgan fingerprint density at radius 3 is 0.900 bits per heavy atom. The molecule has 18 aromatic carbocycles. The van der Waals surface area contributed by atoms with Gasteiger partial charge in [-0.2, -0.15) is 0 Å². The van der Waals surface area contributed by atoms with E-state index in [0.717, 1.165) is 92.9 Å². The Labute approximate surface area is 643 Å². The van der Waals surface area contributed by atoms with Gasteiger partial charge in [0, 0.05) is 81.1 Å². The summed E-state index contributed by atoms with van der Waals surface area (Å²) >= 11 is 3.56. The lowest BCUT2D eigenvalue weighted by molar-refractivity contribution is 0.00578. The summed E-state index contributed by atoms with van der Waals surface area (Å²) in [7, 11) is -0.488. The van der Waals surface area contributed by atoms with Gasteiger partial charge in [-0.05, 0) is 176 Å².